The number of benzene rings is 2. The van der Waals surface area contributed by atoms with Crippen LogP contribution in [0, 0.1) is 0 Å². The van der Waals surface area contributed by atoms with Gasteiger partial charge in [0.15, 0.2) is 0 Å². The molecule has 0 aliphatic rings. The second-order valence-corrected chi connectivity index (χ2v) is 5.13. The Balaban J connectivity index is 2.01. The van der Waals surface area contributed by atoms with E-state index in [-0.39, 0.29) is 0 Å². The monoisotopic (exact) mass is 302 g/mol. The van der Waals surface area contributed by atoms with Crippen LogP contribution in [0.15, 0.2) is 84.0 Å². The first-order valence-corrected chi connectivity index (χ1v) is 7.50. The standard InChI is InChI=1S/C20H18N2O/c1-23-15-19-13-12-18(14-21-19)22-20(16-8-4-2-5-9-16)17-10-6-3-7-11-17/h2-14H,15H2,1H3. The Morgan fingerprint density at radius 3 is 1.96 bits per heavy atom. The molecule has 3 heteroatoms. The molecule has 0 fully saturated rings. The number of methoxy groups -OCH3 is 1. The Morgan fingerprint density at radius 1 is 0.870 bits per heavy atom. The SMILES string of the molecule is COCc1ccc(N=C(c2ccccc2)c2ccccc2)cn1. The summed E-state index contributed by atoms with van der Waals surface area (Å²) in [5.41, 5.74) is 4.83. The minimum atomic E-state index is 0.508. The molecule has 0 saturated heterocycles. The quantitative estimate of drug-likeness (QED) is 0.655. The van der Waals surface area contributed by atoms with Crippen LogP contribution in [0.2, 0.25) is 0 Å². The second-order valence-electron chi connectivity index (χ2n) is 5.13. The molecule has 3 nitrogen and oxygen atoms in total. The van der Waals surface area contributed by atoms with E-state index in [2.05, 4.69) is 29.2 Å². The van der Waals surface area contributed by atoms with Gasteiger partial charge in [0.05, 0.1) is 29.9 Å². The predicted octanol–water partition coefficient (Wildman–Crippen LogP) is 4.40. The molecule has 1 aromatic heterocycles. The van der Waals surface area contributed by atoms with Crippen LogP contribution in [0.3, 0.4) is 0 Å². The van der Waals surface area contributed by atoms with E-state index in [1.165, 1.54) is 0 Å². The molecule has 23 heavy (non-hydrogen) atoms. The lowest BCUT2D eigenvalue weighted by molar-refractivity contribution is 0.181. The Labute approximate surface area is 136 Å². The van der Waals surface area contributed by atoms with Gasteiger partial charge in [-0.3, -0.25) is 4.98 Å². The normalized spacial score (nSPS) is 10.3. The minimum absolute atomic E-state index is 0.508. The number of rotatable bonds is 5. The first kappa shape index (κ1) is 15.1. The van der Waals surface area contributed by atoms with E-state index in [0.29, 0.717) is 6.61 Å². The molecule has 114 valence electrons. The van der Waals surface area contributed by atoms with Crippen LogP contribution in [0.5, 0.6) is 0 Å². The molecular formula is C20H18N2O. The number of hydrogen-bond acceptors (Lipinski definition) is 3. The summed E-state index contributed by atoms with van der Waals surface area (Å²) in [4.78, 5) is 9.19. The summed E-state index contributed by atoms with van der Waals surface area (Å²) in [6.45, 7) is 0.508. The van der Waals surface area contributed by atoms with Crippen LogP contribution in [0.25, 0.3) is 0 Å². The molecule has 0 amide bonds. The lowest BCUT2D eigenvalue weighted by Gasteiger charge is -2.08. The number of aromatic nitrogens is 1. The van der Waals surface area contributed by atoms with Gasteiger partial charge in [-0.25, -0.2) is 4.99 Å². The molecule has 0 bridgehead atoms. The van der Waals surface area contributed by atoms with Gasteiger partial charge in [-0.1, -0.05) is 60.7 Å². The Morgan fingerprint density at radius 2 is 1.48 bits per heavy atom. The maximum Gasteiger partial charge on any atom is 0.0884 e. The van der Waals surface area contributed by atoms with Crippen molar-refractivity contribution in [3.05, 3.63) is 95.8 Å². The van der Waals surface area contributed by atoms with Gasteiger partial charge in [-0.2, -0.15) is 0 Å². The first-order valence-electron chi connectivity index (χ1n) is 7.50. The minimum Gasteiger partial charge on any atom is -0.378 e. The van der Waals surface area contributed by atoms with Crippen molar-refractivity contribution in [3.8, 4) is 0 Å². The molecule has 0 unspecified atom stereocenters. The fraction of sp³-hybridized carbons (Fsp3) is 0.100. The van der Waals surface area contributed by atoms with Gasteiger partial charge < -0.3 is 4.74 Å². The van der Waals surface area contributed by atoms with Gasteiger partial charge in [0.25, 0.3) is 0 Å². The fourth-order valence-corrected chi connectivity index (χ4v) is 2.33. The summed E-state index contributed by atoms with van der Waals surface area (Å²) in [5, 5.41) is 0. The number of aliphatic imine (C=N–C) groups is 1. The molecule has 0 radical (unpaired) electrons. The topological polar surface area (TPSA) is 34.5 Å². The summed E-state index contributed by atoms with van der Waals surface area (Å²) in [6, 6.07) is 24.3. The zero-order valence-corrected chi connectivity index (χ0v) is 13.0. The van der Waals surface area contributed by atoms with Crippen LogP contribution in [-0.2, 0) is 11.3 Å². The van der Waals surface area contributed by atoms with Crippen molar-refractivity contribution in [2.75, 3.05) is 7.11 Å². The maximum atomic E-state index is 5.09. The molecule has 0 atom stereocenters. The molecule has 3 aromatic rings. The van der Waals surface area contributed by atoms with E-state index >= 15 is 0 Å². The van der Waals surface area contributed by atoms with Crippen LogP contribution >= 0.6 is 0 Å². The highest BCUT2D eigenvalue weighted by Crippen LogP contribution is 2.18. The average molecular weight is 302 g/mol. The summed E-state index contributed by atoms with van der Waals surface area (Å²) < 4.78 is 5.09. The predicted molar refractivity (Wildman–Crippen MR) is 93.1 cm³/mol. The van der Waals surface area contributed by atoms with Crippen LogP contribution in [0.1, 0.15) is 16.8 Å². The molecule has 2 aromatic carbocycles. The van der Waals surface area contributed by atoms with Gasteiger partial charge in [-0.05, 0) is 12.1 Å². The van der Waals surface area contributed by atoms with Crippen molar-refractivity contribution < 1.29 is 4.74 Å². The summed E-state index contributed by atoms with van der Waals surface area (Å²) in [5.74, 6) is 0. The Kier molecular flexibility index (Phi) is 4.92. The van der Waals surface area contributed by atoms with E-state index in [1.54, 1.807) is 13.3 Å². The molecule has 0 saturated carbocycles. The van der Waals surface area contributed by atoms with Crippen LogP contribution in [-0.4, -0.2) is 17.8 Å². The Hall–Kier alpha value is -2.78. The third kappa shape index (κ3) is 3.90. The van der Waals surface area contributed by atoms with E-state index in [0.717, 1.165) is 28.2 Å². The van der Waals surface area contributed by atoms with Gasteiger partial charge in [0.1, 0.15) is 0 Å². The zero-order valence-electron chi connectivity index (χ0n) is 13.0. The summed E-state index contributed by atoms with van der Waals surface area (Å²) >= 11 is 0. The highest BCUT2D eigenvalue weighted by atomic mass is 16.5. The van der Waals surface area contributed by atoms with Crippen molar-refractivity contribution in [2.45, 2.75) is 6.61 Å². The molecular weight excluding hydrogens is 284 g/mol. The third-order valence-corrected chi connectivity index (χ3v) is 3.44. The second kappa shape index (κ2) is 7.47. The maximum absolute atomic E-state index is 5.09. The average Bonchev–Trinajstić information content (AvgIpc) is 2.63. The number of ether oxygens (including phenoxy) is 1. The first-order chi connectivity index (χ1) is 11.4. The van der Waals surface area contributed by atoms with E-state index in [4.69, 9.17) is 9.73 Å². The van der Waals surface area contributed by atoms with Gasteiger partial charge in [0, 0.05) is 18.2 Å². The lowest BCUT2D eigenvalue weighted by Crippen LogP contribution is -2.02. The molecule has 0 aliphatic carbocycles. The van der Waals surface area contributed by atoms with Crippen molar-refractivity contribution >= 4 is 11.4 Å². The van der Waals surface area contributed by atoms with Crippen LogP contribution < -0.4 is 0 Å². The van der Waals surface area contributed by atoms with E-state index < -0.39 is 0 Å². The smallest absolute Gasteiger partial charge is 0.0884 e. The third-order valence-electron chi connectivity index (χ3n) is 3.44. The van der Waals surface area contributed by atoms with Crippen molar-refractivity contribution in [1.82, 2.24) is 4.98 Å². The molecule has 0 spiro atoms. The summed E-state index contributed by atoms with van der Waals surface area (Å²) in [6.07, 6.45) is 1.78. The number of hydrogen-bond donors (Lipinski definition) is 0. The van der Waals surface area contributed by atoms with Gasteiger partial charge in [0.2, 0.25) is 0 Å². The van der Waals surface area contributed by atoms with Crippen molar-refractivity contribution in [2.24, 2.45) is 4.99 Å². The largest absolute Gasteiger partial charge is 0.378 e. The molecule has 3 rings (SSSR count). The zero-order chi connectivity index (χ0) is 15.9. The van der Waals surface area contributed by atoms with Gasteiger partial charge in [-0.15, -0.1) is 0 Å². The van der Waals surface area contributed by atoms with E-state index in [1.807, 2.05) is 48.5 Å². The Bertz CT molecular complexity index is 724. The molecule has 0 aliphatic heterocycles. The van der Waals surface area contributed by atoms with E-state index in [9.17, 15) is 0 Å². The molecule has 1 heterocycles. The lowest BCUT2D eigenvalue weighted by atomic mass is 10.0. The van der Waals surface area contributed by atoms with Crippen molar-refractivity contribution in [1.29, 1.82) is 0 Å². The highest BCUT2D eigenvalue weighted by molar-refractivity contribution is 6.13. The highest BCUT2D eigenvalue weighted by Gasteiger charge is 2.06. The molecule has 0 N–H and O–H groups in total. The van der Waals surface area contributed by atoms with Gasteiger partial charge >= 0.3 is 0 Å². The fourth-order valence-electron chi connectivity index (χ4n) is 2.33. The van der Waals surface area contributed by atoms with Crippen LogP contribution in [0.4, 0.5) is 5.69 Å². The summed E-state index contributed by atoms with van der Waals surface area (Å²) in [7, 11) is 1.66. The van der Waals surface area contributed by atoms with Crippen molar-refractivity contribution in [3.63, 3.8) is 0 Å². The number of nitrogens with zero attached hydrogens (tertiary/aromatic N) is 2. The number of pyridine rings is 1.